The van der Waals surface area contributed by atoms with Gasteiger partial charge in [-0.2, -0.15) is 0 Å². The predicted octanol–water partition coefficient (Wildman–Crippen LogP) is 6.70. The predicted molar refractivity (Wildman–Crippen MR) is 138 cm³/mol. The molecule has 5 heteroatoms. The molecule has 32 heavy (non-hydrogen) atoms. The lowest BCUT2D eigenvalue weighted by Gasteiger charge is -2.50. The maximum atomic E-state index is 12.6. The van der Waals surface area contributed by atoms with E-state index in [0.29, 0.717) is 22.0 Å². The summed E-state index contributed by atoms with van der Waals surface area (Å²) in [6, 6.07) is 13.2. The number of amidine groups is 1. The van der Waals surface area contributed by atoms with Crippen LogP contribution in [0.2, 0.25) is 0 Å². The highest BCUT2D eigenvalue weighted by atomic mass is 32.2. The Bertz CT molecular complexity index is 1130. The summed E-state index contributed by atoms with van der Waals surface area (Å²) in [5, 5.41) is 3.55. The molecule has 1 saturated heterocycles. The molecule has 0 spiro atoms. The van der Waals surface area contributed by atoms with Gasteiger partial charge in [-0.05, 0) is 107 Å². The number of nitrogens with one attached hydrogen (secondary N) is 1. The van der Waals surface area contributed by atoms with Crippen molar-refractivity contribution in [3.63, 3.8) is 0 Å². The number of aliphatic imine (C=N–C) groups is 1. The van der Waals surface area contributed by atoms with Gasteiger partial charge in [-0.1, -0.05) is 30.7 Å². The van der Waals surface area contributed by atoms with Crippen molar-refractivity contribution in [2.75, 3.05) is 4.90 Å². The molecule has 4 nitrogen and oxygen atoms in total. The molecular formula is C27H33N3OS. The van der Waals surface area contributed by atoms with Gasteiger partial charge in [0.05, 0.1) is 10.6 Å². The molecule has 0 aliphatic carbocycles. The first-order chi connectivity index (χ1) is 15.0. The van der Waals surface area contributed by atoms with E-state index in [4.69, 9.17) is 0 Å². The Morgan fingerprint density at radius 3 is 2.62 bits per heavy atom. The number of hydrogen-bond acceptors (Lipinski definition) is 4. The number of rotatable bonds is 3. The van der Waals surface area contributed by atoms with E-state index >= 15 is 0 Å². The van der Waals surface area contributed by atoms with Gasteiger partial charge >= 0.3 is 0 Å². The van der Waals surface area contributed by atoms with Gasteiger partial charge in [-0.3, -0.25) is 4.79 Å². The normalized spacial score (nSPS) is 22.6. The third kappa shape index (κ3) is 4.36. The number of thioether (sulfide) groups is 1. The van der Waals surface area contributed by atoms with E-state index in [9.17, 15) is 4.79 Å². The molecule has 2 aromatic carbocycles. The molecule has 2 aromatic rings. The van der Waals surface area contributed by atoms with Crippen molar-refractivity contribution in [3.8, 4) is 0 Å². The summed E-state index contributed by atoms with van der Waals surface area (Å²) in [5.74, 6) is 0.384. The molecule has 1 fully saturated rings. The number of anilines is 1. The largest absolute Gasteiger partial charge is 0.364 e. The third-order valence-electron chi connectivity index (χ3n) is 6.34. The highest BCUT2D eigenvalue weighted by molar-refractivity contribution is 8.18. The molecule has 4 rings (SSSR count). The first-order valence-electron chi connectivity index (χ1n) is 11.4. The Morgan fingerprint density at radius 2 is 1.94 bits per heavy atom. The Morgan fingerprint density at radius 1 is 1.19 bits per heavy atom. The van der Waals surface area contributed by atoms with E-state index in [0.717, 1.165) is 23.2 Å². The van der Waals surface area contributed by atoms with Gasteiger partial charge in [-0.25, -0.2) is 4.99 Å². The molecule has 0 saturated carbocycles. The van der Waals surface area contributed by atoms with Crippen LogP contribution in [0, 0.1) is 13.8 Å². The summed E-state index contributed by atoms with van der Waals surface area (Å²) in [6.07, 6.45) is 3.09. The molecule has 2 aliphatic heterocycles. The van der Waals surface area contributed by atoms with Crippen molar-refractivity contribution in [2.45, 2.75) is 72.4 Å². The fraction of sp³-hybridized carbons (Fsp3) is 0.407. The molecule has 1 unspecified atom stereocenters. The number of hydrogen-bond donors (Lipinski definition) is 1. The van der Waals surface area contributed by atoms with Gasteiger partial charge in [0.1, 0.15) is 0 Å². The second-order valence-electron chi connectivity index (χ2n) is 9.97. The van der Waals surface area contributed by atoms with E-state index in [1.165, 1.54) is 28.6 Å². The number of fused-ring (bicyclic) bond motifs is 1. The summed E-state index contributed by atoms with van der Waals surface area (Å²) in [5.41, 5.74) is 7.05. The van der Waals surface area contributed by atoms with Crippen LogP contribution in [0.1, 0.15) is 69.2 Å². The third-order valence-corrected chi connectivity index (χ3v) is 7.25. The highest BCUT2D eigenvalue weighted by Gasteiger charge is 2.37. The second kappa shape index (κ2) is 8.43. The van der Waals surface area contributed by atoms with Crippen molar-refractivity contribution in [1.82, 2.24) is 5.32 Å². The van der Waals surface area contributed by atoms with Gasteiger partial charge in [0.2, 0.25) is 0 Å². The van der Waals surface area contributed by atoms with Crippen LogP contribution in [0.5, 0.6) is 0 Å². The first-order valence-corrected chi connectivity index (χ1v) is 12.2. The zero-order chi connectivity index (χ0) is 23.2. The van der Waals surface area contributed by atoms with Crippen molar-refractivity contribution in [3.05, 3.63) is 63.6 Å². The first kappa shape index (κ1) is 22.7. The molecule has 1 N–H and O–H groups in total. The Hall–Kier alpha value is -2.53. The minimum Gasteiger partial charge on any atom is -0.364 e. The molecular weight excluding hydrogens is 414 g/mol. The smallest absolute Gasteiger partial charge is 0.264 e. The summed E-state index contributed by atoms with van der Waals surface area (Å²) < 4.78 is 0. The number of amides is 1. The molecule has 2 heterocycles. The zero-order valence-corrected chi connectivity index (χ0v) is 20.9. The average molecular weight is 448 g/mol. The number of carbonyl (C=O) groups excluding carboxylic acids is 1. The fourth-order valence-corrected chi connectivity index (χ4v) is 6.04. The monoisotopic (exact) mass is 447 g/mol. The molecule has 0 aromatic heterocycles. The highest BCUT2D eigenvalue weighted by Crippen LogP contribution is 2.45. The van der Waals surface area contributed by atoms with E-state index in [1.54, 1.807) is 0 Å². The number of aryl methyl sites for hydroxylation is 2. The molecule has 168 valence electrons. The lowest BCUT2D eigenvalue weighted by Crippen LogP contribution is -2.51. The topological polar surface area (TPSA) is 44.7 Å². The summed E-state index contributed by atoms with van der Waals surface area (Å²) >= 11 is 1.40. The SMILES string of the molecule is Cc1ccc(N=C2NC(=O)/C(=C/c3ccc4c(c3)C(C)CC(C)(C)N4C(C)C)S2)c(C)c1. The summed E-state index contributed by atoms with van der Waals surface area (Å²) in [7, 11) is 0. The molecule has 0 radical (unpaired) electrons. The quantitative estimate of drug-likeness (QED) is 0.533. The van der Waals surface area contributed by atoms with Gasteiger partial charge in [-0.15, -0.1) is 0 Å². The average Bonchev–Trinajstić information content (AvgIpc) is 3.02. The van der Waals surface area contributed by atoms with Crippen LogP contribution in [0.25, 0.3) is 6.08 Å². The van der Waals surface area contributed by atoms with Crippen LogP contribution in [0.15, 0.2) is 46.3 Å². The maximum absolute atomic E-state index is 12.6. The summed E-state index contributed by atoms with van der Waals surface area (Å²) in [6.45, 7) is 15.6. The Balaban J connectivity index is 1.63. The molecule has 2 aliphatic rings. The van der Waals surface area contributed by atoms with E-state index in [1.807, 2.05) is 25.1 Å². The van der Waals surface area contributed by atoms with Gasteiger partial charge in [0.15, 0.2) is 5.17 Å². The van der Waals surface area contributed by atoms with Gasteiger partial charge in [0.25, 0.3) is 5.91 Å². The minimum absolute atomic E-state index is 0.0887. The number of carbonyl (C=O) groups is 1. The Labute approximate surface area is 196 Å². The number of nitrogens with zero attached hydrogens (tertiary/aromatic N) is 2. The van der Waals surface area contributed by atoms with E-state index in [2.05, 4.69) is 81.0 Å². The van der Waals surface area contributed by atoms with Crippen molar-refractivity contribution >= 4 is 40.3 Å². The van der Waals surface area contributed by atoms with Crippen molar-refractivity contribution in [1.29, 1.82) is 0 Å². The van der Waals surface area contributed by atoms with Crippen LogP contribution < -0.4 is 10.2 Å². The summed E-state index contributed by atoms with van der Waals surface area (Å²) in [4.78, 5) is 20.5. The lowest BCUT2D eigenvalue weighted by atomic mass is 9.79. The fourth-order valence-electron chi connectivity index (χ4n) is 5.21. The van der Waals surface area contributed by atoms with Crippen molar-refractivity contribution in [2.24, 2.45) is 4.99 Å². The van der Waals surface area contributed by atoms with E-state index in [-0.39, 0.29) is 11.4 Å². The van der Waals surface area contributed by atoms with Crippen LogP contribution in [-0.2, 0) is 4.79 Å². The van der Waals surface area contributed by atoms with E-state index < -0.39 is 0 Å². The minimum atomic E-state index is -0.0887. The zero-order valence-electron chi connectivity index (χ0n) is 20.1. The van der Waals surface area contributed by atoms with Crippen molar-refractivity contribution < 1.29 is 4.79 Å². The van der Waals surface area contributed by atoms with Gasteiger partial charge in [0, 0.05) is 17.3 Å². The Kier molecular flexibility index (Phi) is 5.97. The van der Waals surface area contributed by atoms with Crippen LogP contribution in [-0.4, -0.2) is 22.7 Å². The number of benzene rings is 2. The van der Waals surface area contributed by atoms with Crippen LogP contribution in [0.4, 0.5) is 11.4 Å². The second-order valence-corrected chi connectivity index (χ2v) is 11.0. The molecule has 0 bridgehead atoms. The van der Waals surface area contributed by atoms with Crippen LogP contribution in [0.3, 0.4) is 0 Å². The standard InChI is InChI=1S/C27H33N3OS/c1-16(2)30-23-11-9-20(13-21(23)19(5)15-27(30,6)7)14-24-25(31)29-26(32-24)28-22-10-8-17(3)12-18(22)4/h8-14,16,19H,15H2,1-7H3,(H,28,29,31)/b24-14-. The molecule has 1 atom stereocenters. The lowest BCUT2D eigenvalue weighted by molar-refractivity contribution is -0.115. The molecule has 1 amide bonds. The maximum Gasteiger partial charge on any atom is 0.264 e. The van der Waals surface area contributed by atoms with Crippen LogP contribution >= 0.6 is 11.8 Å². The van der Waals surface area contributed by atoms with Gasteiger partial charge < -0.3 is 10.2 Å².